The summed E-state index contributed by atoms with van der Waals surface area (Å²) in [6.07, 6.45) is 66.5. The van der Waals surface area contributed by atoms with Crippen LogP contribution in [0, 0.1) is 0 Å². The minimum Gasteiger partial charge on any atom is -0.481 e. The zero-order valence-electron chi connectivity index (χ0n) is 37.5. The summed E-state index contributed by atoms with van der Waals surface area (Å²) < 4.78 is 0. The number of unbranched alkanes of at least 4 members (excludes halogenated alkanes) is 46. The largest absolute Gasteiger partial charge is 0.481 e. The van der Waals surface area contributed by atoms with Crippen molar-refractivity contribution in [3.63, 3.8) is 0 Å². The Kier molecular flexibility index (Phi) is 48.1. The molecule has 0 bridgehead atoms. The highest BCUT2D eigenvalue weighted by Gasteiger charge is 2.00. The number of carboxylic acids is 1. The molecule has 1 amide bonds. The third-order valence-electron chi connectivity index (χ3n) is 12.3. The maximum Gasteiger partial charge on any atom is 0.303 e. The Hall–Kier alpha value is -1.06. The number of hydrogen-bond acceptors (Lipinski definition) is 2. The smallest absolute Gasteiger partial charge is 0.303 e. The summed E-state index contributed by atoms with van der Waals surface area (Å²) in [6, 6.07) is 0. The van der Waals surface area contributed by atoms with Gasteiger partial charge in [-0.05, 0) is 12.8 Å². The molecule has 4 nitrogen and oxygen atoms in total. The summed E-state index contributed by atoms with van der Waals surface area (Å²) in [7, 11) is 0. The Morgan fingerprint density at radius 1 is 0.218 bits per heavy atom. The van der Waals surface area contributed by atoms with Crippen LogP contribution >= 0.6 is 0 Å². The fraction of sp³-hybridized carbons (Fsp3) is 0.961. The summed E-state index contributed by atoms with van der Waals surface area (Å²) in [4.78, 5) is 21.2. The normalized spacial score (nSPS) is 11.5. The molecule has 0 aromatic rings. The van der Waals surface area contributed by atoms with Gasteiger partial charge in [0.1, 0.15) is 0 Å². The second kappa shape index (κ2) is 49.1. The molecule has 4 heteroatoms. The molecule has 0 radical (unpaired) electrons. The molecule has 3 N–H and O–H groups in total. The molecule has 0 heterocycles. The summed E-state index contributed by atoms with van der Waals surface area (Å²) in [5, 5.41) is 8.66. The number of carbonyl (C=O) groups excluding carboxylic acids is 1. The van der Waals surface area contributed by atoms with E-state index in [4.69, 9.17) is 10.8 Å². The van der Waals surface area contributed by atoms with Gasteiger partial charge in [-0.3, -0.25) is 9.59 Å². The van der Waals surface area contributed by atoms with Gasteiger partial charge in [0.25, 0.3) is 0 Å². The minimum atomic E-state index is -0.649. The first-order chi connectivity index (χ1) is 27.1. The van der Waals surface area contributed by atoms with Crippen LogP contribution in [-0.2, 0) is 9.59 Å². The summed E-state index contributed by atoms with van der Waals surface area (Å²) in [6.45, 7) is 0. The van der Waals surface area contributed by atoms with Crippen LogP contribution in [0.4, 0.5) is 0 Å². The standard InChI is InChI=1S/C51H101NO3/c52-50(53)48-46-44-42-40-38-36-34-32-30-28-26-24-22-20-18-16-14-12-10-8-6-4-2-1-3-5-7-9-11-13-15-17-19-21-23-25-27-29-31-33-35-37-39-41-43-45-47-49-51(54)55/h1-49H2,(H2,52,53)(H,54,55). The number of hydrogen-bond donors (Lipinski definition) is 2. The first kappa shape index (κ1) is 53.9. The molecule has 0 spiro atoms. The van der Waals surface area contributed by atoms with Crippen LogP contribution in [0.3, 0.4) is 0 Å². The fourth-order valence-electron chi connectivity index (χ4n) is 8.53. The molecule has 0 fully saturated rings. The van der Waals surface area contributed by atoms with Crippen molar-refractivity contribution < 1.29 is 14.7 Å². The number of amides is 1. The molecular weight excluding hydrogens is 675 g/mol. The van der Waals surface area contributed by atoms with E-state index >= 15 is 0 Å². The van der Waals surface area contributed by atoms with E-state index in [-0.39, 0.29) is 5.91 Å². The Morgan fingerprint density at radius 3 is 0.436 bits per heavy atom. The van der Waals surface area contributed by atoms with Gasteiger partial charge in [-0.25, -0.2) is 0 Å². The molecule has 0 rings (SSSR count). The third-order valence-corrected chi connectivity index (χ3v) is 12.3. The van der Waals surface area contributed by atoms with Crippen molar-refractivity contribution in [1.29, 1.82) is 0 Å². The molecule has 0 saturated carbocycles. The number of primary amides is 1. The highest BCUT2D eigenvalue weighted by atomic mass is 16.4. The van der Waals surface area contributed by atoms with Crippen molar-refractivity contribution in [2.45, 2.75) is 315 Å². The number of aliphatic carboxylic acids is 1. The van der Waals surface area contributed by atoms with E-state index in [1.165, 1.54) is 283 Å². The highest BCUT2D eigenvalue weighted by molar-refractivity contribution is 5.73. The van der Waals surface area contributed by atoms with Gasteiger partial charge in [0.2, 0.25) is 5.91 Å². The molecule has 55 heavy (non-hydrogen) atoms. The fourth-order valence-corrected chi connectivity index (χ4v) is 8.53. The van der Waals surface area contributed by atoms with Gasteiger partial charge >= 0.3 is 5.97 Å². The van der Waals surface area contributed by atoms with E-state index in [2.05, 4.69) is 0 Å². The highest BCUT2D eigenvalue weighted by Crippen LogP contribution is 2.18. The van der Waals surface area contributed by atoms with E-state index in [0.29, 0.717) is 12.8 Å². The third kappa shape index (κ3) is 52.9. The van der Waals surface area contributed by atoms with Crippen LogP contribution in [0.25, 0.3) is 0 Å². The Bertz CT molecular complexity index is 679. The van der Waals surface area contributed by atoms with E-state index in [1.54, 1.807) is 0 Å². The summed E-state index contributed by atoms with van der Waals surface area (Å²) in [5.41, 5.74) is 5.19. The first-order valence-electron chi connectivity index (χ1n) is 25.6. The quantitative estimate of drug-likeness (QED) is 0.0604. The zero-order valence-corrected chi connectivity index (χ0v) is 37.5. The van der Waals surface area contributed by atoms with Crippen molar-refractivity contribution in [3.8, 4) is 0 Å². The van der Waals surface area contributed by atoms with Gasteiger partial charge in [0.15, 0.2) is 0 Å². The molecule has 0 aliphatic rings. The van der Waals surface area contributed by atoms with Gasteiger partial charge in [-0.15, -0.1) is 0 Å². The summed E-state index contributed by atoms with van der Waals surface area (Å²) >= 11 is 0. The van der Waals surface area contributed by atoms with Gasteiger partial charge < -0.3 is 10.8 Å². The number of rotatable bonds is 50. The average molecular weight is 776 g/mol. The average Bonchev–Trinajstić information content (AvgIpc) is 3.17. The van der Waals surface area contributed by atoms with E-state index < -0.39 is 5.97 Å². The first-order valence-corrected chi connectivity index (χ1v) is 25.6. The monoisotopic (exact) mass is 776 g/mol. The van der Waals surface area contributed by atoms with Crippen LogP contribution in [0.5, 0.6) is 0 Å². The predicted molar refractivity (Wildman–Crippen MR) is 243 cm³/mol. The maximum absolute atomic E-state index is 10.7. The van der Waals surface area contributed by atoms with Crippen molar-refractivity contribution >= 4 is 11.9 Å². The lowest BCUT2D eigenvalue weighted by Crippen LogP contribution is -2.09. The maximum atomic E-state index is 10.7. The van der Waals surface area contributed by atoms with E-state index in [1.807, 2.05) is 0 Å². The molecule has 328 valence electrons. The zero-order chi connectivity index (χ0) is 39.8. The number of carbonyl (C=O) groups is 2. The van der Waals surface area contributed by atoms with Crippen LogP contribution in [0.15, 0.2) is 0 Å². The van der Waals surface area contributed by atoms with Crippen molar-refractivity contribution in [3.05, 3.63) is 0 Å². The molecule has 0 unspecified atom stereocenters. The second-order valence-corrected chi connectivity index (χ2v) is 18.0. The topological polar surface area (TPSA) is 80.4 Å². The van der Waals surface area contributed by atoms with Gasteiger partial charge in [0.05, 0.1) is 0 Å². The van der Waals surface area contributed by atoms with E-state index in [9.17, 15) is 9.59 Å². The predicted octanol–water partition coefficient (Wildman–Crippen LogP) is 17.7. The molecule has 0 aliphatic heterocycles. The van der Waals surface area contributed by atoms with Crippen molar-refractivity contribution in [2.75, 3.05) is 0 Å². The molecule has 0 aromatic heterocycles. The minimum absolute atomic E-state index is 0.149. The second-order valence-electron chi connectivity index (χ2n) is 18.0. The Labute approximate surface area is 345 Å². The van der Waals surface area contributed by atoms with Gasteiger partial charge in [0, 0.05) is 12.8 Å². The van der Waals surface area contributed by atoms with Gasteiger partial charge in [-0.2, -0.15) is 0 Å². The molecule has 0 saturated heterocycles. The molecule has 0 aromatic carbocycles. The van der Waals surface area contributed by atoms with Crippen molar-refractivity contribution in [2.24, 2.45) is 5.73 Å². The van der Waals surface area contributed by atoms with Crippen LogP contribution in [-0.4, -0.2) is 17.0 Å². The Balaban J connectivity index is 3.06. The molecule has 0 atom stereocenters. The Morgan fingerprint density at radius 2 is 0.327 bits per heavy atom. The number of carboxylic acid groups (broad SMARTS) is 1. The molecular formula is C51H101NO3. The summed E-state index contributed by atoms with van der Waals surface area (Å²) in [5.74, 6) is -0.798. The van der Waals surface area contributed by atoms with Crippen LogP contribution in [0.2, 0.25) is 0 Å². The molecule has 0 aliphatic carbocycles. The van der Waals surface area contributed by atoms with Crippen LogP contribution in [0.1, 0.15) is 315 Å². The van der Waals surface area contributed by atoms with Crippen LogP contribution < -0.4 is 5.73 Å². The van der Waals surface area contributed by atoms with Crippen molar-refractivity contribution in [1.82, 2.24) is 0 Å². The lowest BCUT2D eigenvalue weighted by atomic mass is 10.0. The SMILES string of the molecule is NC(=O)CCCCCCCCCCCCCCCCCCCCCCCCCCCCCCCCCCCCCCCCCCCCCCCCCC(=O)O. The lowest BCUT2D eigenvalue weighted by molar-refractivity contribution is -0.137. The number of nitrogens with two attached hydrogens (primary N) is 1. The van der Waals surface area contributed by atoms with E-state index in [0.717, 1.165) is 19.3 Å². The van der Waals surface area contributed by atoms with Gasteiger partial charge in [-0.1, -0.05) is 289 Å². The lowest BCUT2D eigenvalue weighted by Gasteiger charge is -2.05.